The summed E-state index contributed by atoms with van der Waals surface area (Å²) >= 11 is 0. The van der Waals surface area contributed by atoms with Gasteiger partial charge in [-0.2, -0.15) is 0 Å². The van der Waals surface area contributed by atoms with E-state index in [0.29, 0.717) is 23.8 Å². The van der Waals surface area contributed by atoms with E-state index >= 15 is 0 Å². The van der Waals surface area contributed by atoms with Gasteiger partial charge >= 0.3 is 0 Å². The second-order valence-electron chi connectivity index (χ2n) is 7.22. The summed E-state index contributed by atoms with van der Waals surface area (Å²) in [4.78, 5) is 0. The Balaban J connectivity index is 1.81. The van der Waals surface area contributed by atoms with Crippen LogP contribution in [0.5, 0.6) is 5.75 Å². The van der Waals surface area contributed by atoms with Gasteiger partial charge in [0.25, 0.3) is 0 Å². The van der Waals surface area contributed by atoms with Gasteiger partial charge in [-0.15, -0.1) is 0 Å². The number of para-hydroxylation sites is 1. The van der Waals surface area contributed by atoms with Gasteiger partial charge in [0.1, 0.15) is 5.75 Å². The standard InChI is InChI=1S/C22H25NO/c1-14(2)17-9-5-12-20-18-10-6-11-19(18)21(23-22(17)20)15-7-4-8-16(13-15)24-3/h4-10,12-14,18-19,21,23H,11H2,1-3H3. The maximum Gasteiger partial charge on any atom is 0.119 e. The third-order valence-electron chi connectivity index (χ3n) is 5.50. The normalized spacial score (nSPS) is 24.4. The van der Waals surface area contributed by atoms with Crippen molar-refractivity contribution in [1.82, 2.24) is 0 Å². The van der Waals surface area contributed by atoms with E-state index in [1.165, 1.54) is 22.4 Å². The molecule has 3 atom stereocenters. The Bertz CT molecular complexity index is 777. The minimum Gasteiger partial charge on any atom is -0.497 e. The summed E-state index contributed by atoms with van der Waals surface area (Å²) in [7, 11) is 1.74. The van der Waals surface area contributed by atoms with Crippen molar-refractivity contribution in [2.24, 2.45) is 5.92 Å². The highest BCUT2D eigenvalue weighted by atomic mass is 16.5. The average Bonchev–Trinajstić information content (AvgIpc) is 3.10. The van der Waals surface area contributed by atoms with E-state index in [0.717, 1.165) is 12.2 Å². The summed E-state index contributed by atoms with van der Waals surface area (Å²) in [5.74, 6) is 2.53. The van der Waals surface area contributed by atoms with Crippen molar-refractivity contribution in [1.29, 1.82) is 0 Å². The highest BCUT2D eigenvalue weighted by molar-refractivity contribution is 5.65. The monoisotopic (exact) mass is 319 g/mol. The summed E-state index contributed by atoms with van der Waals surface area (Å²) in [6.07, 6.45) is 5.88. The third kappa shape index (κ3) is 2.41. The summed E-state index contributed by atoms with van der Waals surface area (Å²) < 4.78 is 5.45. The highest BCUT2D eigenvalue weighted by Crippen LogP contribution is 2.51. The molecule has 24 heavy (non-hydrogen) atoms. The van der Waals surface area contributed by atoms with Crippen LogP contribution in [0.25, 0.3) is 0 Å². The Kier molecular flexibility index (Phi) is 3.84. The molecular formula is C22H25NO. The largest absolute Gasteiger partial charge is 0.497 e. The van der Waals surface area contributed by atoms with Gasteiger partial charge in [0, 0.05) is 11.6 Å². The third-order valence-corrected chi connectivity index (χ3v) is 5.50. The van der Waals surface area contributed by atoms with Crippen molar-refractivity contribution in [3.63, 3.8) is 0 Å². The zero-order valence-electron chi connectivity index (χ0n) is 14.6. The smallest absolute Gasteiger partial charge is 0.119 e. The molecule has 3 unspecified atom stereocenters. The Labute approximate surface area is 144 Å². The minimum atomic E-state index is 0.326. The number of methoxy groups -OCH3 is 1. The maximum atomic E-state index is 5.45. The van der Waals surface area contributed by atoms with Crippen LogP contribution in [-0.4, -0.2) is 7.11 Å². The lowest BCUT2D eigenvalue weighted by Gasteiger charge is -2.39. The molecule has 124 valence electrons. The topological polar surface area (TPSA) is 21.3 Å². The quantitative estimate of drug-likeness (QED) is 0.739. The van der Waals surface area contributed by atoms with Gasteiger partial charge in [-0.1, -0.05) is 56.3 Å². The Hall–Kier alpha value is -2.22. The molecule has 2 aliphatic rings. The van der Waals surface area contributed by atoms with E-state index in [1.54, 1.807) is 7.11 Å². The van der Waals surface area contributed by atoms with Crippen LogP contribution >= 0.6 is 0 Å². The van der Waals surface area contributed by atoms with Crippen LogP contribution in [0.3, 0.4) is 0 Å². The number of nitrogens with one attached hydrogen (secondary N) is 1. The lowest BCUT2D eigenvalue weighted by atomic mass is 9.75. The molecule has 0 aromatic heterocycles. The summed E-state index contributed by atoms with van der Waals surface area (Å²) in [6.45, 7) is 4.54. The second kappa shape index (κ2) is 6.01. The van der Waals surface area contributed by atoms with Gasteiger partial charge in [0.15, 0.2) is 0 Å². The van der Waals surface area contributed by atoms with Crippen molar-refractivity contribution in [2.75, 3.05) is 12.4 Å². The first-order chi connectivity index (χ1) is 11.7. The fourth-order valence-electron chi connectivity index (χ4n) is 4.29. The van der Waals surface area contributed by atoms with Gasteiger partial charge in [-0.05, 0) is 47.1 Å². The number of hydrogen-bond donors (Lipinski definition) is 1. The van der Waals surface area contributed by atoms with Crippen molar-refractivity contribution in [2.45, 2.75) is 38.1 Å². The first kappa shape index (κ1) is 15.3. The van der Waals surface area contributed by atoms with Crippen LogP contribution in [0.15, 0.2) is 54.6 Å². The summed E-state index contributed by atoms with van der Waals surface area (Å²) in [5, 5.41) is 3.89. The van der Waals surface area contributed by atoms with Crippen molar-refractivity contribution >= 4 is 5.69 Å². The molecule has 1 aliphatic heterocycles. The predicted octanol–water partition coefficient (Wildman–Crippen LogP) is 5.65. The molecule has 1 N–H and O–H groups in total. The molecule has 0 bridgehead atoms. The first-order valence-corrected chi connectivity index (χ1v) is 8.89. The van der Waals surface area contributed by atoms with Crippen molar-refractivity contribution in [3.05, 3.63) is 71.3 Å². The van der Waals surface area contributed by atoms with Gasteiger partial charge in [-0.3, -0.25) is 0 Å². The molecule has 0 amide bonds. The van der Waals surface area contributed by atoms with E-state index in [9.17, 15) is 0 Å². The van der Waals surface area contributed by atoms with Gasteiger partial charge in [-0.25, -0.2) is 0 Å². The van der Waals surface area contributed by atoms with Gasteiger partial charge < -0.3 is 10.1 Å². The maximum absolute atomic E-state index is 5.45. The fraction of sp³-hybridized carbons (Fsp3) is 0.364. The number of benzene rings is 2. The van der Waals surface area contributed by atoms with Crippen LogP contribution in [0, 0.1) is 5.92 Å². The van der Waals surface area contributed by atoms with E-state index in [1.807, 2.05) is 6.07 Å². The van der Waals surface area contributed by atoms with Crippen LogP contribution < -0.4 is 10.1 Å². The van der Waals surface area contributed by atoms with Crippen molar-refractivity contribution in [3.8, 4) is 5.75 Å². The minimum absolute atomic E-state index is 0.326. The molecule has 4 rings (SSSR count). The van der Waals surface area contributed by atoms with Crippen LogP contribution in [0.1, 0.15) is 54.8 Å². The van der Waals surface area contributed by atoms with E-state index in [2.05, 4.69) is 67.7 Å². The van der Waals surface area contributed by atoms with Gasteiger partial charge in [0.2, 0.25) is 0 Å². The molecule has 1 aliphatic carbocycles. The van der Waals surface area contributed by atoms with Crippen LogP contribution in [-0.2, 0) is 0 Å². The number of hydrogen-bond acceptors (Lipinski definition) is 2. The Morgan fingerprint density at radius 1 is 1.12 bits per heavy atom. The molecule has 2 aromatic rings. The second-order valence-corrected chi connectivity index (χ2v) is 7.22. The number of fused-ring (bicyclic) bond motifs is 3. The Morgan fingerprint density at radius 2 is 1.96 bits per heavy atom. The van der Waals surface area contributed by atoms with Crippen molar-refractivity contribution < 1.29 is 4.74 Å². The predicted molar refractivity (Wildman–Crippen MR) is 99.9 cm³/mol. The van der Waals surface area contributed by atoms with Crippen LogP contribution in [0.2, 0.25) is 0 Å². The van der Waals surface area contributed by atoms with E-state index in [4.69, 9.17) is 4.74 Å². The first-order valence-electron chi connectivity index (χ1n) is 8.89. The Morgan fingerprint density at radius 3 is 2.75 bits per heavy atom. The molecule has 2 aromatic carbocycles. The fourth-order valence-corrected chi connectivity index (χ4v) is 4.29. The SMILES string of the molecule is COc1cccc(C2Nc3c(C(C)C)cccc3C3C=CCC32)c1. The summed E-state index contributed by atoms with van der Waals surface area (Å²) in [5.41, 5.74) is 5.53. The average molecular weight is 319 g/mol. The number of ether oxygens (including phenoxy) is 1. The molecule has 1 heterocycles. The molecule has 0 radical (unpaired) electrons. The number of allylic oxidation sites excluding steroid dienone is 2. The molecular weight excluding hydrogens is 294 g/mol. The zero-order valence-corrected chi connectivity index (χ0v) is 14.6. The zero-order chi connectivity index (χ0) is 16.7. The van der Waals surface area contributed by atoms with Crippen LogP contribution in [0.4, 0.5) is 5.69 Å². The number of rotatable bonds is 3. The van der Waals surface area contributed by atoms with Gasteiger partial charge in [0.05, 0.1) is 13.2 Å². The molecule has 0 fully saturated rings. The van der Waals surface area contributed by atoms with E-state index < -0.39 is 0 Å². The molecule has 2 nitrogen and oxygen atoms in total. The molecule has 0 saturated heterocycles. The number of anilines is 1. The molecule has 0 saturated carbocycles. The molecule has 2 heteroatoms. The molecule has 0 spiro atoms. The highest BCUT2D eigenvalue weighted by Gasteiger charge is 2.38. The summed E-state index contributed by atoms with van der Waals surface area (Å²) in [6, 6.07) is 15.6. The lowest BCUT2D eigenvalue weighted by Crippen LogP contribution is -2.29. The lowest BCUT2D eigenvalue weighted by molar-refractivity contribution is 0.406. The van der Waals surface area contributed by atoms with E-state index in [-0.39, 0.29) is 0 Å².